The Morgan fingerprint density at radius 3 is 2.59 bits per heavy atom. The van der Waals surface area contributed by atoms with Crippen molar-refractivity contribution in [3.63, 3.8) is 0 Å². The molecular weight excluding hydrogens is 214 g/mol. The van der Waals surface area contributed by atoms with Gasteiger partial charge in [0.2, 0.25) is 0 Å². The van der Waals surface area contributed by atoms with Crippen LogP contribution in [-0.4, -0.2) is 29.6 Å². The average molecular weight is 235 g/mol. The lowest BCUT2D eigenvalue weighted by Gasteiger charge is -2.35. The number of benzene rings is 1. The van der Waals surface area contributed by atoms with E-state index in [2.05, 4.69) is 6.92 Å². The molecule has 1 atom stereocenters. The highest BCUT2D eigenvalue weighted by Crippen LogP contribution is 2.28. The van der Waals surface area contributed by atoms with Crippen LogP contribution in [0.4, 0.5) is 0 Å². The van der Waals surface area contributed by atoms with Crippen molar-refractivity contribution in [3.8, 4) is 0 Å². The summed E-state index contributed by atoms with van der Waals surface area (Å²) in [5, 5.41) is 9.53. The summed E-state index contributed by atoms with van der Waals surface area (Å²) in [6.45, 7) is 6.55. The topological polar surface area (TPSA) is 40.5 Å². The Hall–Kier alpha value is -1.35. The normalized spacial score (nSPS) is 14.6. The lowest BCUT2D eigenvalue weighted by atomic mass is 9.89. The van der Waals surface area contributed by atoms with Crippen molar-refractivity contribution in [1.29, 1.82) is 0 Å². The first kappa shape index (κ1) is 13.7. The fourth-order valence-corrected chi connectivity index (χ4v) is 2.01. The molecular formula is C14H21NO2. The van der Waals surface area contributed by atoms with Gasteiger partial charge in [0.1, 0.15) is 5.54 Å². The van der Waals surface area contributed by atoms with Gasteiger partial charge in [0.25, 0.3) is 0 Å². The molecule has 0 aliphatic carbocycles. The van der Waals surface area contributed by atoms with E-state index in [0.717, 1.165) is 24.1 Å². The van der Waals surface area contributed by atoms with Gasteiger partial charge in [-0.1, -0.05) is 36.8 Å². The van der Waals surface area contributed by atoms with E-state index in [-0.39, 0.29) is 0 Å². The molecule has 3 heteroatoms. The minimum atomic E-state index is -0.956. The summed E-state index contributed by atoms with van der Waals surface area (Å²) < 4.78 is 0. The molecule has 0 spiro atoms. The number of aliphatic carboxylic acids is 1. The number of carboxylic acids is 1. The first-order valence-corrected chi connectivity index (χ1v) is 5.94. The maximum atomic E-state index is 11.6. The zero-order valence-corrected chi connectivity index (χ0v) is 11.0. The quantitative estimate of drug-likeness (QED) is 0.853. The van der Waals surface area contributed by atoms with Gasteiger partial charge in [-0.25, -0.2) is 4.79 Å². The summed E-state index contributed by atoms with van der Waals surface area (Å²) in [5.41, 5.74) is 0.961. The number of nitrogens with zero attached hydrogens (tertiary/aromatic N) is 1. The van der Waals surface area contributed by atoms with Gasteiger partial charge in [-0.3, -0.25) is 4.90 Å². The van der Waals surface area contributed by atoms with E-state index in [1.807, 2.05) is 43.1 Å². The third-order valence-electron chi connectivity index (χ3n) is 3.32. The largest absolute Gasteiger partial charge is 0.480 e. The second-order valence-electron chi connectivity index (χ2n) is 4.67. The Labute approximate surface area is 103 Å². The van der Waals surface area contributed by atoms with Crippen LogP contribution in [0, 0.1) is 6.92 Å². The average Bonchev–Trinajstić information content (AvgIpc) is 2.27. The molecule has 1 rings (SSSR count). The summed E-state index contributed by atoms with van der Waals surface area (Å²) >= 11 is 0. The fourth-order valence-electron chi connectivity index (χ4n) is 2.01. The molecule has 0 heterocycles. The van der Waals surface area contributed by atoms with Gasteiger partial charge in [0.05, 0.1) is 0 Å². The van der Waals surface area contributed by atoms with E-state index in [4.69, 9.17) is 0 Å². The van der Waals surface area contributed by atoms with Gasteiger partial charge in [-0.05, 0) is 39.4 Å². The molecule has 1 unspecified atom stereocenters. The first-order valence-electron chi connectivity index (χ1n) is 5.94. The van der Waals surface area contributed by atoms with Crippen LogP contribution in [0.25, 0.3) is 0 Å². The highest BCUT2D eigenvalue weighted by molar-refractivity contribution is 5.80. The molecule has 0 fully saturated rings. The summed E-state index contributed by atoms with van der Waals surface area (Å²) in [4.78, 5) is 13.5. The van der Waals surface area contributed by atoms with Crippen LogP contribution in [0.15, 0.2) is 24.3 Å². The van der Waals surface area contributed by atoms with Crippen LogP contribution in [0.2, 0.25) is 0 Å². The molecule has 1 aromatic rings. The van der Waals surface area contributed by atoms with Crippen LogP contribution >= 0.6 is 0 Å². The molecule has 0 saturated carbocycles. The number of hydrogen-bond acceptors (Lipinski definition) is 2. The fraction of sp³-hybridized carbons (Fsp3) is 0.500. The van der Waals surface area contributed by atoms with Crippen LogP contribution in [-0.2, 0) is 10.3 Å². The lowest BCUT2D eigenvalue weighted by Crippen LogP contribution is -2.48. The Kier molecular flexibility index (Phi) is 4.29. The third kappa shape index (κ3) is 2.67. The molecule has 0 aliphatic heterocycles. The molecule has 3 nitrogen and oxygen atoms in total. The summed E-state index contributed by atoms with van der Waals surface area (Å²) in [6, 6.07) is 7.71. The molecule has 0 amide bonds. The number of hydrogen-bond donors (Lipinski definition) is 1. The van der Waals surface area contributed by atoms with Crippen molar-refractivity contribution in [2.45, 2.75) is 32.7 Å². The molecule has 1 N–H and O–H groups in total. The van der Waals surface area contributed by atoms with Crippen LogP contribution in [0.3, 0.4) is 0 Å². The number of rotatable bonds is 5. The van der Waals surface area contributed by atoms with Crippen LogP contribution in [0.5, 0.6) is 0 Å². The summed E-state index contributed by atoms with van der Waals surface area (Å²) in [5.74, 6) is -0.806. The molecule has 94 valence electrons. The highest BCUT2D eigenvalue weighted by Gasteiger charge is 2.38. The maximum absolute atomic E-state index is 11.6. The van der Waals surface area contributed by atoms with Gasteiger partial charge in [-0.2, -0.15) is 0 Å². The van der Waals surface area contributed by atoms with Crippen molar-refractivity contribution in [3.05, 3.63) is 35.4 Å². The van der Waals surface area contributed by atoms with Gasteiger partial charge in [0, 0.05) is 0 Å². The van der Waals surface area contributed by atoms with Gasteiger partial charge in [0.15, 0.2) is 0 Å². The van der Waals surface area contributed by atoms with Crippen molar-refractivity contribution >= 4 is 5.97 Å². The highest BCUT2D eigenvalue weighted by atomic mass is 16.4. The minimum absolute atomic E-state index is 0.761. The molecule has 0 aliphatic rings. The predicted octanol–water partition coefficient (Wildman–Crippen LogP) is 2.64. The number of likely N-dealkylation sites (N-methyl/N-ethyl adjacent to an activating group) is 1. The number of carbonyl (C=O) groups is 1. The Morgan fingerprint density at radius 2 is 2.12 bits per heavy atom. The molecule has 0 saturated heterocycles. The van der Waals surface area contributed by atoms with Crippen molar-refractivity contribution in [2.75, 3.05) is 13.6 Å². The summed E-state index contributed by atoms with van der Waals surface area (Å²) in [6.07, 6.45) is 0.936. The number of aryl methyl sites for hydroxylation is 1. The number of carboxylic acid groups (broad SMARTS) is 1. The smallest absolute Gasteiger partial charge is 0.328 e. The van der Waals surface area contributed by atoms with Crippen molar-refractivity contribution < 1.29 is 9.90 Å². The molecule has 0 radical (unpaired) electrons. The van der Waals surface area contributed by atoms with E-state index in [1.165, 1.54) is 0 Å². The van der Waals surface area contributed by atoms with E-state index in [0.29, 0.717) is 0 Å². The SMILES string of the molecule is CCCN(C)C(C)(C(=O)O)c1cccc(C)c1. The Balaban J connectivity index is 3.20. The standard InChI is InChI=1S/C14H21NO2/c1-5-9-15(4)14(3,13(16)17)12-8-6-7-11(2)10-12/h6-8,10H,5,9H2,1-4H3,(H,16,17). The monoisotopic (exact) mass is 235 g/mol. The molecule has 17 heavy (non-hydrogen) atoms. The Morgan fingerprint density at radius 1 is 1.47 bits per heavy atom. The molecule has 0 bridgehead atoms. The van der Waals surface area contributed by atoms with Crippen molar-refractivity contribution in [2.24, 2.45) is 0 Å². The van der Waals surface area contributed by atoms with Gasteiger partial charge < -0.3 is 5.11 Å². The second kappa shape index (κ2) is 5.32. The van der Waals surface area contributed by atoms with Gasteiger partial charge in [-0.15, -0.1) is 0 Å². The van der Waals surface area contributed by atoms with E-state index in [1.54, 1.807) is 6.92 Å². The minimum Gasteiger partial charge on any atom is -0.480 e. The van der Waals surface area contributed by atoms with Crippen LogP contribution < -0.4 is 0 Å². The molecule has 1 aromatic carbocycles. The lowest BCUT2D eigenvalue weighted by molar-refractivity contribution is -0.150. The van der Waals surface area contributed by atoms with E-state index < -0.39 is 11.5 Å². The zero-order chi connectivity index (χ0) is 13.1. The predicted molar refractivity (Wildman–Crippen MR) is 69.1 cm³/mol. The van der Waals surface area contributed by atoms with Crippen LogP contribution in [0.1, 0.15) is 31.4 Å². The first-order chi connectivity index (χ1) is 7.92. The van der Waals surface area contributed by atoms with Crippen molar-refractivity contribution in [1.82, 2.24) is 4.90 Å². The van der Waals surface area contributed by atoms with Gasteiger partial charge >= 0.3 is 5.97 Å². The molecule has 0 aromatic heterocycles. The Bertz CT molecular complexity index is 403. The second-order valence-corrected chi connectivity index (χ2v) is 4.67. The van der Waals surface area contributed by atoms with E-state index >= 15 is 0 Å². The van der Waals surface area contributed by atoms with E-state index in [9.17, 15) is 9.90 Å². The zero-order valence-electron chi connectivity index (χ0n) is 11.0. The maximum Gasteiger partial charge on any atom is 0.328 e. The third-order valence-corrected chi connectivity index (χ3v) is 3.32. The summed E-state index contributed by atoms with van der Waals surface area (Å²) in [7, 11) is 1.86.